The first-order valence-electron chi connectivity index (χ1n) is 7.20. The van der Waals surface area contributed by atoms with Crippen LogP contribution in [0.25, 0.3) is 11.1 Å². The first kappa shape index (κ1) is 14.1. The van der Waals surface area contributed by atoms with E-state index < -0.39 is 5.69 Å². The number of halogens is 1. The Bertz CT molecular complexity index is 786. The predicted molar refractivity (Wildman–Crippen MR) is 84.0 cm³/mol. The van der Waals surface area contributed by atoms with Crippen molar-refractivity contribution in [2.45, 2.75) is 38.6 Å². The lowest BCUT2D eigenvalue weighted by atomic mass is 10.0. The summed E-state index contributed by atoms with van der Waals surface area (Å²) in [6, 6.07) is 7.55. The Morgan fingerprint density at radius 3 is 2.52 bits per heavy atom. The van der Waals surface area contributed by atoms with Crippen molar-refractivity contribution < 1.29 is 0 Å². The molecule has 0 saturated heterocycles. The minimum Gasteiger partial charge on any atom is -0.297 e. The molecule has 1 heterocycles. The summed E-state index contributed by atoms with van der Waals surface area (Å²) in [5, 5.41) is 0.119. The third kappa shape index (κ3) is 2.44. The van der Waals surface area contributed by atoms with Crippen LogP contribution in [0.15, 0.2) is 33.9 Å². The van der Waals surface area contributed by atoms with Gasteiger partial charge in [-0.1, -0.05) is 48.7 Å². The van der Waals surface area contributed by atoms with Crippen LogP contribution in [0.1, 0.15) is 37.3 Å². The Balaban J connectivity index is 2.27. The Morgan fingerprint density at radius 2 is 1.86 bits per heavy atom. The zero-order chi connectivity index (χ0) is 15.0. The summed E-state index contributed by atoms with van der Waals surface area (Å²) < 4.78 is 1.35. The van der Waals surface area contributed by atoms with Gasteiger partial charge in [-0.25, -0.2) is 4.79 Å². The fourth-order valence-corrected chi connectivity index (χ4v) is 3.37. The SMILES string of the molecule is Cc1ccccc1-c1c(Cl)[nH]c(=O)n(C2CCCC2)c1=O. The molecule has 1 aromatic heterocycles. The second kappa shape index (κ2) is 5.53. The van der Waals surface area contributed by atoms with Crippen molar-refractivity contribution in [3.63, 3.8) is 0 Å². The Labute approximate surface area is 127 Å². The smallest absolute Gasteiger partial charge is 0.297 e. The predicted octanol–water partition coefficient (Wildman–Crippen LogP) is 3.28. The Morgan fingerprint density at radius 1 is 1.19 bits per heavy atom. The molecule has 0 spiro atoms. The van der Waals surface area contributed by atoms with Crippen LogP contribution in [0.5, 0.6) is 0 Å². The number of aromatic amines is 1. The van der Waals surface area contributed by atoms with Gasteiger partial charge in [0.1, 0.15) is 5.15 Å². The van der Waals surface area contributed by atoms with Crippen molar-refractivity contribution in [1.29, 1.82) is 0 Å². The highest BCUT2D eigenvalue weighted by atomic mass is 35.5. The van der Waals surface area contributed by atoms with E-state index in [2.05, 4.69) is 4.98 Å². The number of nitrogens with zero attached hydrogens (tertiary/aromatic N) is 1. The molecule has 0 bridgehead atoms. The molecule has 21 heavy (non-hydrogen) atoms. The van der Waals surface area contributed by atoms with Crippen molar-refractivity contribution in [2.75, 3.05) is 0 Å². The standard InChI is InChI=1S/C16H17ClN2O2/c1-10-6-2-5-9-12(10)13-14(17)18-16(21)19(15(13)20)11-7-3-4-8-11/h2,5-6,9,11H,3-4,7-8H2,1H3,(H,18,21). The maximum Gasteiger partial charge on any atom is 0.329 e. The summed E-state index contributed by atoms with van der Waals surface area (Å²) in [6.07, 6.45) is 3.85. The summed E-state index contributed by atoms with van der Waals surface area (Å²) >= 11 is 6.15. The molecule has 110 valence electrons. The topological polar surface area (TPSA) is 54.9 Å². The third-order valence-corrected chi connectivity index (χ3v) is 4.48. The van der Waals surface area contributed by atoms with E-state index in [0.29, 0.717) is 5.56 Å². The summed E-state index contributed by atoms with van der Waals surface area (Å²) in [6.45, 7) is 1.93. The van der Waals surface area contributed by atoms with Crippen LogP contribution in [0, 0.1) is 6.92 Å². The van der Waals surface area contributed by atoms with E-state index in [1.165, 1.54) is 4.57 Å². The van der Waals surface area contributed by atoms with Gasteiger partial charge in [-0.3, -0.25) is 14.3 Å². The molecule has 3 rings (SSSR count). The number of aryl methyl sites for hydroxylation is 1. The van der Waals surface area contributed by atoms with Crippen molar-refractivity contribution >= 4 is 11.6 Å². The largest absolute Gasteiger partial charge is 0.329 e. The quantitative estimate of drug-likeness (QED) is 0.866. The lowest BCUT2D eigenvalue weighted by molar-refractivity contribution is 0.480. The van der Waals surface area contributed by atoms with E-state index >= 15 is 0 Å². The number of aromatic nitrogens is 2. The van der Waals surface area contributed by atoms with E-state index in [-0.39, 0.29) is 16.8 Å². The molecule has 1 N–H and O–H groups in total. The summed E-state index contributed by atoms with van der Waals surface area (Å²) in [5.41, 5.74) is 1.43. The van der Waals surface area contributed by atoms with Gasteiger partial charge < -0.3 is 0 Å². The molecule has 0 radical (unpaired) electrons. The molecule has 1 aromatic carbocycles. The van der Waals surface area contributed by atoms with Gasteiger partial charge in [-0.15, -0.1) is 0 Å². The van der Waals surface area contributed by atoms with Crippen molar-refractivity contribution in [3.8, 4) is 11.1 Å². The number of nitrogens with one attached hydrogen (secondary N) is 1. The number of benzene rings is 1. The second-order valence-electron chi connectivity index (χ2n) is 5.55. The average Bonchev–Trinajstić information content (AvgIpc) is 2.94. The first-order chi connectivity index (χ1) is 10.1. The van der Waals surface area contributed by atoms with Crippen LogP contribution in [0.3, 0.4) is 0 Å². The fourth-order valence-electron chi connectivity index (χ4n) is 3.10. The van der Waals surface area contributed by atoms with Crippen molar-refractivity contribution in [3.05, 3.63) is 55.8 Å². The monoisotopic (exact) mass is 304 g/mol. The van der Waals surface area contributed by atoms with E-state index in [1.807, 2.05) is 31.2 Å². The van der Waals surface area contributed by atoms with Crippen LogP contribution in [-0.2, 0) is 0 Å². The number of rotatable bonds is 2. The summed E-state index contributed by atoms with van der Waals surface area (Å²) in [7, 11) is 0. The van der Waals surface area contributed by atoms with Gasteiger partial charge in [0.15, 0.2) is 0 Å². The van der Waals surface area contributed by atoms with Gasteiger partial charge in [-0.2, -0.15) is 0 Å². The maximum atomic E-state index is 12.8. The minimum atomic E-state index is -0.408. The lowest BCUT2D eigenvalue weighted by Gasteiger charge is -2.15. The zero-order valence-corrected chi connectivity index (χ0v) is 12.6. The highest BCUT2D eigenvalue weighted by molar-refractivity contribution is 6.32. The van der Waals surface area contributed by atoms with Crippen LogP contribution in [-0.4, -0.2) is 9.55 Å². The summed E-state index contributed by atoms with van der Waals surface area (Å²) in [5.74, 6) is 0. The minimum absolute atomic E-state index is 0.0127. The number of hydrogen-bond acceptors (Lipinski definition) is 2. The fraction of sp³-hybridized carbons (Fsp3) is 0.375. The number of H-pyrrole nitrogens is 1. The van der Waals surface area contributed by atoms with Gasteiger partial charge >= 0.3 is 5.69 Å². The molecule has 1 saturated carbocycles. The van der Waals surface area contributed by atoms with Crippen molar-refractivity contribution in [1.82, 2.24) is 9.55 Å². The Kier molecular flexibility index (Phi) is 3.72. The maximum absolute atomic E-state index is 12.8. The molecule has 1 aliphatic rings. The highest BCUT2D eigenvalue weighted by Crippen LogP contribution is 2.29. The summed E-state index contributed by atoms with van der Waals surface area (Å²) in [4.78, 5) is 27.6. The highest BCUT2D eigenvalue weighted by Gasteiger charge is 2.24. The molecule has 0 amide bonds. The molecular formula is C16H17ClN2O2. The van der Waals surface area contributed by atoms with E-state index in [4.69, 9.17) is 11.6 Å². The zero-order valence-electron chi connectivity index (χ0n) is 11.9. The van der Waals surface area contributed by atoms with Gasteiger partial charge in [-0.05, 0) is 30.9 Å². The number of hydrogen-bond donors (Lipinski definition) is 1. The molecule has 0 atom stereocenters. The molecule has 5 heteroatoms. The molecule has 2 aromatic rings. The van der Waals surface area contributed by atoms with Crippen LogP contribution in [0.2, 0.25) is 5.15 Å². The van der Waals surface area contributed by atoms with Gasteiger partial charge in [0.25, 0.3) is 5.56 Å². The normalized spacial score (nSPS) is 15.5. The van der Waals surface area contributed by atoms with Crippen LogP contribution < -0.4 is 11.2 Å². The van der Waals surface area contributed by atoms with Gasteiger partial charge in [0, 0.05) is 6.04 Å². The third-order valence-electron chi connectivity index (χ3n) is 4.19. The van der Waals surface area contributed by atoms with Crippen LogP contribution >= 0.6 is 11.6 Å². The molecule has 0 unspecified atom stereocenters. The van der Waals surface area contributed by atoms with E-state index in [9.17, 15) is 9.59 Å². The van der Waals surface area contributed by atoms with Crippen molar-refractivity contribution in [2.24, 2.45) is 0 Å². The molecule has 4 nitrogen and oxygen atoms in total. The van der Waals surface area contributed by atoms with Crippen LogP contribution in [0.4, 0.5) is 0 Å². The van der Waals surface area contributed by atoms with E-state index in [0.717, 1.165) is 36.8 Å². The van der Waals surface area contributed by atoms with E-state index in [1.54, 1.807) is 0 Å². The lowest BCUT2D eigenvalue weighted by Crippen LogP contribution is -2.38. The van der Waals surface area contributed by atoms with Gasteiger partial charge in [0.05, 0.1) is 5.56 Å². The molecule has 1 aliphatic carbocycles. The second-order valence-corrected chi connectivity index (χ2v) is 5.93. The Hall–Kier alpha value is -1.81. The van der Waals surface area contributed by atoms with Gasteiger partial charge in [0.2, 0.25) is 0 Å². The molecule has 1 fully saturated rings. The molecular weight excluding hydrogens is 288 g/mol. The first-order valence-corrected chi connectivity index (χ1v) is 7.57. The average molecular weight is 305 g/mol. The molecule has 0 aliphatic heterocycles.